The highest BCUT2D eigenvalue weighted by Gasteiger charge is 2.20. The van der Waals surface area contributed by atoms with Gasteiger partial charge in [0.05, 0.1) is 25.7 Å². The van der Waals surface area contributed by atoms with Gasteiger partial charge in [0.15, 0.2) is 0 Å². The molecule has 5 nitrogen and oxygen atoms in total. The fraction of sp³-hybridized carbons (Fsp3) is 0.909. The fourth-order valence-electron chi connectivity index (χ4n) is 1.69. The molecule has 1 saturated heterocycles. The largest absolute Gasteiger partial charge is 0.460 e. The second kappa shape index (κ2) is 6.83. The molecule has 1 aliphatic rings. The van der Waals surface area contributed by atoms with E-state index in [1.807, 2.05) is 13.8 Å². The summed E-state index contributed by atoms with van der Waals surface area (Å²) in [7, 11) is 0. The van der Waals surface area contributed by atoms with E-state index in [-0.39, 0.29) is 12.1 Å². The summed E-state index contributed by atoms with van der Waals surface area (Å²) in [5.41, 5.74) is 0. The Morgan fingerprint density at radius 3 is 2.94 bits per heavy atom. The first-order chi connectivity index (χ1) is 7.58. The smallest absolute Gasteiger partial charge is 0.311 e. The summed E-state index contributed by atoms with van der Waals surface area (Å²) in [5.74, 6) is -0.136. The summed E-state index contributed by atoms with van der Waals surface area (Å²) < 4.78 is 10.3. The van der Waals surface area contributed by atoms with Crippen molar-refractivity contribution in [3.8, 4) is 0 Å². The Kier molecular flexibility index (Phi) is 5.73. The number of quaternary nitrogens is 1. The van der Waals surface area contributed by atoms with E-state index in [4.69, 9.17) is 9.47 Å². The highest BCUT2D eigenvalue weighted by atomic mass is 16.5. The van der Waals surface area contributed by atoms with Gasteiger partial charge in [-0.15, -0.1) is 0 Å². The molecule has 1 rings (SSSR count). The molecule has 0 saturated carbocycles. The first-order valence-corrected chi connectivity index (χ1v) is 5.86. The lowest BCUT2D eigenvalue weighted by molar-refractivity contribution is -0.901. The standard InChI is InChI=1S/C11H21NO4/c1-9(2)16-8-10(13)7-12-4-3-11(14)15-6-5-12/h9-10,13H,3-8H2,1-2H3/p+1. The number of aliphatic hydroxyl groups is 1. The highest BCUT2D eigenvalue weighted by Crippen LogP contribution is 1.91. The van der Waals surface area contributed by atoms with Crippen LogP contribution in [0.15, 0.2) is 0 Å². The van der Waals surface area contributed by atoms with Crippen molar-refractivity contribution in [1.29, 1.82) is 0 Å². The Hall–Kier alpha value is -0.650. The van der Waals surface area contributed by atoms with E-state index in [1.165, 1.54) is 4.90 Å². The molecule has 5 heteroatoms. The molecule has 1 aliphatic heterocycles. The normalized spacial score (nSPS) is 24.0. The predicted octanol–water partition coefficient (Wildman–Crippen LogP) is -1.40. The van der Waals surface area contributed by atoms with Crippen LogP contribution in [0.4, 0.5) is 0 Å². The van der Waals surface area contributed by atoms with E-state index in [9.17, 15) is 9.90 Å². The molecule has 0 aromatic carbocycles. The quantitative estimate of drug-likeness (QED) is 0.573. The zero-order chi connectivity index (χ0) is 12.0. The first kappa shape index (κ1) is 13.4. The Morgan fingerprint density at radius 1 is 1.50 bits per heavy atom. The van der Waals surface area contributed by atoms with Crippen molar-refractivity contribution >= 4 is 5.97 Å². The average molecular weight is 232 g/mol. The van der Waals surface area contributed by atoms with Gasteiger partial charge in [-0.3, -0.25) is 4.79 Å². The molecule has 0 spiro atoms. The molecule has 2 unspecified atom stereocenters. The van der Waals surface area contributed by atoms with Crippen molar-refractivity contribution < 1.29 is 24.3 Å². The zero-order valence-electron chi connectivity index (χ0n) is 10.1. The predicted molar refractivity (Wildman–Crippen MR) is 58.2 cm³/mol. The SMILES string of the molecule is CC(C)OCC(O)C[NH+]1CCOC(=O)CC1. The Bertz CT molecular complexity index is 220. The van der Waals surface area contributed by atoms with Crippen molar-refractivity contribution in [2.45, 2.75) is 32.5 Å². The van der Waals surface area contributed by atoms with E-state index >= 15 is 0 Å². The van der Waals surface area contributed by atoms with Crippen LogP contribution in [0.25, 0.3) is 0 Å². The van der Waals surface area contributed by atoms with Crippen LogP contribution in [0.3, 0.4) is 0 Å². The summed E-state index contributed by atoms with van der Waals surface area (Å²) in [6.07, 6.45) is 0.108. The van der Waals surface area contributed by atoms with Crippen molar-refractivity contribution in [2.75, 3.05) is 32.8 Å². The van der Waals surface area contributed by atoms with Crippen LogP contribution < -0.4 is 4.90 Å². The number of carbonyl (C=O) groups is 1. The van der Waals surface area contributed by atoms with Gasteiger partial charge in [0.1, 0.15) is 25.8 Å². The Balaban J connectivity index is 2.22. The van der Waals surface area contributed by atoms with E-state index in [1.54, 1.807) is 0 Å². The zero-order valence-corrected chi connectivity index (χ0v) is 10.1. The minimum Gasteiger partial charge on any atom is -0.460 e. The van der Waals surface area contributed by atoms with Gasteiger partial charge in [0.2, 0.25) is 0 Å². The minimum absolute atomic E-state index is 0.136. The van der Waals surface area contributed by atoms with E-state index < -0.39 is 6.10 Å². The van der Waals surface area contributed by atoms with Gasteiger partial charge in [-0.1, -0.05) is 0 Å². The lowest BCUT2D eigenvalue weighted by Crippen LogP contribution is -3.13. The molecule has 0 amide bonds. The molecule has 1 fully saturated rings. The molecule has 2 atom stereocenters. The van der Waals surface area contributed by atoms with Crippen molar-refractivity contribution in [2.24, 2.45) is 0 Å². The van der Waals surface area contributed by atoms with Gasteiger partial charge in [-0.05, 0) is 13.8 Å². The summed E-state index contributed by atoms with van der Waals surface area (Å²) in [6.45, 7) is 6.81. The van der Waals surface area contributed by atoms with Gasteiger partial charge < -0.3 is 19.5 Å². The topological polar surface area (TPSA) is 60.2 Å². The number of aliphatic hydroxyl groups excluding tert-OH is 1. The van der Waals surface area contributed by atoms with E-state index in [0.29, 0.717) is 26.2 Å². The number of hydrogen-bond acceptors (Lipinski definition) is 4. The highest BCUT2D eigenvalue weighted by molar-refractivity contribution is 5.69. The number of ether oxygens (including phenoxy) is 2. The van der Waals surface area contributed by atoms with Crippen LogP contribution in [0.5, 0.6) is 0 Å². The molecule has 1 heterocycles. The van der Waals surface area contributed by atoms with E-state index in [0.717, 1.165) is 13.1 Å². The molecular weight excluding hydrogens is 210 g/mol. The molecule has 16 heavy (non-hydrogen) atoms. The second-order valence-corrected chi connectivity index (χ2v) is 4.46. The molecule has 0 bridgehead atoms. The van der Waals surface area contributed by atoms with Gasteiger partial charge >= 0.3 is 5.97 Å². The van der Waals surface area contributed by atoms with Crippen molar-refractivity contribution in [3.05, 3.63) is 0 Å². The van der Waals surface area contributed by atoms with Crippen LogP contribution in [0.2, 0.25) is 0 Å². The molecular formula is C11H22NO4+. The third-order valence-electron chi connectivity index (χ3n) is 2.55. The maximum absolute atomic E-state index is 11.0. The summed E-state index contributed by atoms with van der Waals surface area (Å²) in [6, 6.07) is 0. The molecule has 0 aromatic rings. The van der Waals surface area contributed by atoms with Crippen LogP contribution in [-0.2, 0) is 14.3 Å². The van der Waals surface area contributed by atoms with Gasteiger partial charge in [-0.25, -0.2) is 0 Å². The Morgan fingerprint density at radius 2 is 2.25 bits per heavy atom. The fourth-order valence-corrected chi connectivity index (χ4v) is 1.69. The summed E-state index contributed by atoms with van der Waals surface area (Å²) in [4.78, 5) is 12.2. The molecule has 94 valence electrons. The number of carbonyl (C=O) groups excluding carboxylic acids is 1. The Labute approximate surface area is 96.3 Å². The summed E-state index contributed by atoms with van der Waals surface area (Å²) in [5, 5.41) is 9.74. The number of hydrogen-bond donors (Lipinski definition) is 2. The lowest BCUT2D eigenvalue weighted by Gasteiger charge is -2.20. The molecule has 0 aliphatic carbocycles. The van der Waals surface area contributed by atoms with Crippen molar-refractivity contribution in [3.63, 3.8) is 0 Å². The van der Waals surface area contributed by atoms with Gasteiger partial charge in [0, 0.05) is 0 Å². The van der Waals surface area contributed by atoms with Gasteiger partial charge in [-0.2, -0.15) is 0 Å². The molecule has 0 radical (unpaired) electrons. The third-order valence-corrected chi connectivity index (χ3v) is 2.55. The second-order valence-electron chi connectivity index (χ2n) is 4.46. The molecule has 0 aromatic heterocycles. The lowest BCUT2D eigenvalue weighted by atomic mass is 10.3. The number of esters is 1. The summed E-state index contributed by atoms with van der Waals surface area (Å²) >= 11 is 0. The number of nitrogens with one attached hydrogen (secondary N) is 1. The number of rotatable bonds is 5. The maximum Gasteiger partial charge on any atom is 0.311 e. The van der Waals surface area contributed by atoms with Crippen LogP contribution >= 0.6 is 0 Å². The van der Waals surface area contributed by atoms with Crippen LogP contribution in [0, 0.1) is 0 Å². The van der Waals surface area contributed by atoms with Crippen LogP contribution in [-0.4, -0.2) is 56.1 Å². The monoisotopic (exact) mass is 232 g/mol. The minimum atomic E-state index is -0.467. The molecule has 2 N–H and O–H groups in total. The first-order valence-electron chi connectivity index (χ1n) is 5.86. The number of cyclic esters (lactones) is 1. The maximum atomic E-state index is 11.0. The van der Waals surface area contributed by atoms with Gasteiger partial charge in [0.25, 0.3) is 0 Å². The average Bonchev–Trinajstić information content (AvgIpc) is 2.41. The van der Waals surface area contributed by atoms with Crippen LogP contribution in [0.1, 0.15) is 20.3 Å². The van der Waals surface area contributed by atoms with Crippen molar-refractivity contribution in [1.82, 2.24) is 0 Å². The third kappa shape index (κ3) is 5.44. The van der Waals surface area contributed by atoms with E-state index in [2.05, 4.69) is 0 Å².